The molecule has 11 heavy (non-hydrogen) atoms. The van der Waals surface area contributed by atoms with Crippen molar-refractivity contribution in [2.45, 2.75) is 32.6 Å². The number of hydrogen-bond donors (Lipinski definition) is 0. The van der Waals surface area contributed by atoms with Crippen LogP contribution in [0.25, 0.3) is 0 Å². The van der Waals surface area contributed by atoms with E-state index in [9.17, 15) is 4.79 Å². The van der Waals surface area contributed by atoms with E-state index < -0.39 is 0 Å². The Hall–Kier alpha value is -0.790. The highest BCUT2D eigenvalue weighted by Crippen LogP contribution is 1.98. The summed E-state index contributed by atoms with van der Waals surface area (Å²) in [6, 6.07) is 0. The van der Waals surface area contributed by atoms with Crippen LogP contribution in [0.3, 0.4) is 0 Å². The maximum Gasteiger partial charge on any atom is 0.293 e. The number of allylic oxidation sites excluding steroid dienone is 1. The molecular formula is C9H16O2. The first-order valence-corrected chi connectivity index (χ1v) is 4.12. The summed E-state index contributed by atoms with van der Waals surface area (Å²) in [4.78, 5) is 9.68. The zero-order valence-electron chi connectivity index (χ0n) is 7.08. The van der Waals surface area contributed by atoms with Gasteiger partial charge in [0, 0.05) is 0 Å². The van der Waals surface area contributed by atoms with Gasteiger partial charge in [-0.05, 0) is 12.8 Å². The van der Waals surface area contributed by atoms with Crippen molar-refractivity contribution in [2.24, 2.45) is 0 Å². The second-order valence-electron chi connectivity index (χ2n) is 2.40. The van der Waals surface area contributed by atoms with Crippen molar-refractivity contribution < 1.29 is 9.53 Å². The van der Waals surface area contributed by atoms with Gasteiger partial charge in [0.2, 0.25) is 0 Å². The van der Waals surface area contributed by atoms with E-state index in [1.54, 1.807) is 0 Å². The molecule has 0 unspecified atom stereocenters. The van der Waals surface area contributed by atoms with Gasteiger partial charge in [-0.25, -0.2) is 0 Å². The molecule has 0 bridgehead atoms. The van der Waals surface area contributed by atoms with Crippen molar-refractivity contribution in [1.82, 2.24) is 0 Å². The Morgan fingerprint density at radius 3 is 2.73 bits per heavy atom. The third-order valence-corrected chi connectivity index (χ3v) is 1.40. The molecule has 0 aliphatic carbocycles. The van der Waals surface area contributed by atoms with Crippen LogP contribution in [0.15, 0.2) is 12.2 Å². The van der Waals surface area contributed by atoms with E-state index in [0.29, 0.717) is 13.1 Å². The van der Waals surface area contributed by atoms with E-state index in [-0.39, 0.29) is 0 Å². The van der Waals surface area contributed by atoms with E-state index in [2.05, 4.69) is 17.7 Å². The number of carbonyl (C=O) groups excluding carboxylic acids is 1. The predicted molar refractivity (Wildman–Crippen MR) is 45.3 cm³/mol. The van der Waals surface area contributed by atoms with Gasteiger partial charge in [0.25, 0.3) is 6.47 Å². The topological polar surface area (TPSA) is 26.3 Å². The molecule has 0 amide bonds. The Bertz CT molecular complexity index is 108. The number of ether oxygens (including phenoxy) is 1. The van der Waals surface area contributed by atoms with Crippen LogP contribution in [0.5, 0.6) is 0 Å². The molecule has 0 aromatic carbocycles. The SMILES string of the molecule is CCCCCC=CCOC=O. The monoisotopic (exact) mass is 156 g/mol. The maximum atomic E-state index is 9.68. The third kappa shape index (κ3) is 9.21. The summed E-state index contributed by atoms with van der Waals surface area (Å²) in [7, 11) is 0. The Labute approximate surface area is 68.2 Å². The van der Waals surface area contributed by atoms with Crippen LogP contribution in [0.4, 0.5) is 0 Å². The molecule has 0 rings (SSSR count). The van der Waals surface area contributed by atoms with Gasteiger partial charge < -0.3 is 4.74 Å². The predicted octanol–water partition coefficient (Wildman–Crippen LogP) is 2.30. The van der Waals surface area contributed by atoms with Gasteiger partial charge in [0.15, 0.2) is 0 Å². The zero-order valence-corrected chi connectivity index (χ0v) is 7.08. The summed E-state index contributed by atoms with van der Waals surface area (Å²) in [5, 5.41) is 0. The second kappa shape index (κ2) is 9.21. The first kappa shape index (κ1) is 10.2. The van der Waals surface area contributed by atoms with E-state index >= 15 is 0 Å². The largest absolute Gasteiger partial charge is 0.464 e. The zero-order chi connectivity index (χ0) is 8.36. The fourth-order valence-corrected chi connectivity index (χ4v) is 0.793. The van der Waals surface area contributed by atoms with E-state index in [4.69, 9.17) is 0 Å². The Morgan fingerprint density at radius 2 is 2.09 bits per heavy atom. The summed E-state index contributed by atoms with van der Waals surface area (Å²) in [5.41, 5.74) is 0. The van der Waals surface area contributed by atoms with Gasteiger partial charge in [-0.1, -0.05) is 31.9 Å². The lowest BCUT2D eigenvalue weighted by atomic mass is 10.2. The third-order valence-electron chi connectivity index (χ3n) is 1.40. The number of carbonyl (C=O) groups is 1. The van der Waals surface area contributed by atoms with Crippen LogP contribution in [0, 0.1) is 0 Å². The molecule has 0 saturated heterocycles. The highest BCUT2D eigenvalue weighted by atomic mass is 16.5. The van der Waals surface area contributed by atoms with Gasteiger partial charge in [-0.2, -0.15) is 0 Å². The Morgan fingerprint density at radius 1 is 1.27 bits per heavy atom. The van der Waals surface area contributed by atoms with Crippen LogP contribution in [0.1, 0.15) is 32.6 Å². The normalized spacial score (nSPS) is 10.3. The summed E-state index contributed by atoms with van der Waals surface area (Å²) in [5.74, 6) is 0. The molecule has 0 radical (unpaired) electrons. The Kier molecular flexibility index (Phi) is 8.55. The van der Waals surface area contributed by atoms with Crippen molar-refractivity contribution in [3.05, 3.63) is 12.2 Å². The molecule has 0 fully saturated rings. The summed E-state index contributed by atoms with van der Waals surface area (Å²) < 4.78 is 4.47. The van der Waals surface area contributed by atoms with Gasteiger partial charge in [-0.3, -0.25) is 4.79 Å². The maximum absolute atomic E-state index is 9.68. The average molecular weight is 156 g/mol. The van der Waals surface area contributed by atoms with Gasteiger partial charge >= 0.3 is 0 Å². The van der Waals surface area contributed by atoms with Crippen molar-refractivity contribution in [3.63, 3.8) is 0 Å². The summed E-state index contributed by atoms with van der Waals surface area (Å²) in [6.07, 6.45) is 8.78. The van der Waals surface area contributed by atoms with Crippen molar-refractivity contribution >= 4 is 6.47 Å². The van der Waals surface area contributed by atoms with Crippen molar-refractivity contribution in [1.29, 1.82) is 0 Å². The molecule has 2 nitrogen and oxygen atoms in total. The molecule has 0 atom stereocenters. The van der Waals surface area contributed by atoms with Crippen molar-refractivity contribution in [2.75, 3.05) is 6.61 Å². The quantitative estimate of drug-likeness (QED) is 0.321. The lowest BCUT2D eigenvalue weighted by molar-refractivity contribution is -0.127. The number of hydrogen-bond acceptors (Lipinski definition) is 2. The standard InChI is InChI=1S/C9H16O2/c1-2-3-4-5-6-7-8-11-9-10/h6-7,9H,2-5,8H2,1H3. The molecule has 0 N–H and O–H groups in total. The minimum atomic E-state index is 0.412. The first-order valence-electron chi connectivity index (χ1n) is 4.12. The van der Waals surface area contributed by atoms with Crippen LogP contribution < -0.4 is 0 Å². The first-order chi connectivity index (χ1) is 5.41. The smallest absolute Gasteiger partial charge is 0.293 e. The van der Waals surface area contributed by atoms with Crippen LogP contribution in [-0.2, 0) is 9.53 Å². The van der Waals surface area contributed by atoms with Crippen LogP contribution in [-0.4, -0.2) is 13.1 Å². The minimum absolute atomic E-state index is 0.412. The molecule has 0 saturated carbocycles. The molecule has 0 aromatic rings. The lowest BCUT2D eigenvalue weighted by Gasteiger charge is -1.91. The van der Waals surface area contributed by atoms with E-state index in [1.807, 2.05) is 6.08 Å². The fourth-order valence-electron chi connectivity index (χ4n) is 0.793. The number of unbranched alkanes of at least 4 members (excludes halogenated alkanes) is 3. The fraction of sp³-hybridized carbons (Fsp3) is 0.667. The van der Waals surface area contributed by atoms with E-state index in [0.717, 1.165) is 6.42 Å². The Balaban J connectivity index is 2.97. The molecule has 0 spiro atoms. The van der Waals surface area contributed by atoms with Gasteiger partial charge in [0.05, 0.1) is 0 Å². The molecule has 64 valence electrons. The minimum Gasteiger partial charge on any atom is -0.464 e. The van der Waals surface area contributed by atoms with Gasteiger partial charge in [-0.15, -0.1) is 0 Å². The average Bonchev–Trinajstić information content (AvgIpc) is 2.03. The lowest BCUT2D eigenvalue weighted by Crippen LogP contribution is -1.85. The molecule has 0 heterocycles. The second-order valence-corrected chi connectivity index (χ2v) is 2.40. The van der Waals surface area contributed by atoms with Crippen LogP contribution in [0.2, 0.25) is 0 Å². The molecular weight excluding hydrogens is 140 g/mol. The van der Waals surface area contributed by atoms with Crippen LogP contribution >= 0.6 is 0 Å². The van der Waals surface area contributed by atoms with Gasteiger partial charge in [0.1, 0.15) is 6.61 Å². The van der Waals surface area contributed by atoms with Crippen molar-refractivity contribution in [3.8, 4) is 0 Å². The summed E-state index contributed by atoms with van der Waals surface area (Å²) >= 11 is 0. The highest BCUT2D eigenvalue weighted by Gasteiger charge is 1.81. The molecule has 0 aliphatic heterocycles. The van der Waals surface area contributed by atoms with E-state index in [1.165, 1.54) is 19.3 Å². The number of rotatable bonds is 7. The molecule has 2 heteroatoms. The molecule has 0 aliphatic rings. The molecule has 0 aromatic heterocycles. The highest BCUT2D eigenvalue weighted by molar-refractivity contribution is 5.37. The summed E-state index contributed by atoms with van der Waals surface area (Å²) in [6.45, 7) is 3.06.